The van der Waals surface area contributed by atoms with Gasteiger partial charge in [-0.3, -0.25) is 4.79 Å². The van der Waals surface area contributed by atoms with Gasteiger partial charge >= 0.3 is 0 Å². The number of hydrogen-bond donors (Lipinski definition) is 1. The molecule has 1 heterocycles. The quantitative estimate of drug-likeness (QED) is 0.905. The van der Waals surface area contributed by atoms with Crippen molar-refractivity contribution in [3.05, 3.63) is 35.4 Å². The van der Waals surface area contributed by atoms with Crippen molar-refractivity contribution in [3.8, 4) is 0 Å². The van der Waals surface area contributed by atoms with Gasteiger partial charge in [-0.15, -0.1) is 0 Å². The minimum Gasteiger partial charge on any atom is -0.342 e. The van der Waals surface area contributed by atoms with Crippen LogP contribution in [0.5, 0.6) is 0 Å². The Morgan fingerprint density at radius 1 is 1.10 bits per heavy atom. The zero-order valence-electron chi connectivity index (χ0n) is 13.2. The highest BCUT2D eigenvalue weighted by atomic mass is 16.2. The molecule has 1 fully saturated rings. The summed E-state index contributed by atoms with van der Waals surface area (Å²) >= 11 is 0. The number of carbonyl (C=O) groups excluding carboxylic acids is 1. The normalized spacial score (nSPS) is 17.3. The largest absolute Gasteiger partial charge is 0.342 e. The lowest BCUT2D eigenvalue weighted by Gasteiger charge is -2.25. The van der Waals surface area contributed by atoms with Crippen LogP contribution in [0, 0.1) is 5.92 Å². The van der Waals surface area contributed by atoms with E-state index in [4.69, 9.17) is 5.73 Å². The first-order chi connectivity index (χ1) is 10.2. The van der Waals surface area contributed by atoms with Crippen molar-refractivity contribution in [2.24, 2.45) is 11.7 Å². The van der Waals surface area contributed by atoms with Gasteiger partial charge in [-0.1, -0.05) is 44.0 Å². The van der Waals surface area contributed by atoms with Gasteiger partial charge < -0.3 is 10.6 Å². The Morgan fingerprint density at radius 3 is 2.19 bits per heavy atom. The van der Waals surface area contributed by atoms with Gasteiger partial charge in [-0.25, -0.2) is 0 Å². The highest BCUT2D eigenvalue weighted by Gasteiger charge is 2.24. The van der Waals surface area contributed by atoms with Crippen LogP contribution in [0.3, 0.4) is 0 Å². The summed E-state index contributed by atoms with van der Waals surface area (Å²) in [5.41, 5.74) is 8.42. The van der Waals surface area contributed by atoms with Crippen LogP contribution in [0.1, 0.15) is 43.7 Å². The molecule has 1 atom stereocenters. The number of likely N-dealkylation sites (tertiary alicyclic amines) is 1. The van der Waals surface area contributed by atoms with Crippen molar-refractivity contribution in [1.82, 2.24) is 4.90 Å². The second-order valence-corrected chi connectivity index (χ2v) is 6.05. The predicted octanol–water partition coefficient (Wildman–Crippen LogP) is 2.77. The van der Waals surface area contributed by atoms with Crippen molar-refractivity contribution < 1.29 is 4.79 Å². The van der Waals surface area contributed by atoms with Gasteiger partial charge in [0.05, 0.1) is 5.92 Å². The fourth-order valence-corrected chi connectivity index (χ4v) is 3.02. The zero-order chi connectivity index (χ0) is 15.1. The van der Waals surface area contributed by atoms with Gasteiger partial charge in [-0.2, -0.15) is 0 Å². The lowest BCUT2D eigenvalue weighted by Crippen LogP contribution is -2.40. The van der Waals surface area contributed by atoms with Crippen LogP contribution in [0.25, 0.3) is 0 Å². The molecule has 0 radical (unpaired) electrons. The first kappa shape index (κ1) is 16.0. The molecule has 1 amide bonds. The maximum atomic E-state index is 12.7. The van der Waals surface area contributed by atoms with E-state index in [2.05, 4.69) is 31.2 Å². The predicted molar refractivity (Wildman–Crippen MR) is 87.1 cm³/mol. The van der Waals surface area contributed by atoms with E-state index in [1.165, 1.54) is 24.0 Å². The Hall–Kier alpha value is -1.35. The average Bonchev–Trinajstić information content (AvgIpc) is 2.81. The van der Waals surface area contributed by atoms with E-state index in [9.17, 15) is 4.79 Å². The molecule has 116 valence electrons. The number of benzene rings is 1. The fourth-order valence-electron chi connectivity index (χ4n) is 3.02. The number of hydrogen-bond acceptors (Lipinski definition) is 2. The summed E-state index contributed by atoms with van der Waals surface area (Å²) in [6.45, 7) is 4.40. The van der Waals surface area contributed by atoms with E-state index in [0.29, 0.717) is 6.54 Å². The third kappa shape index (κ3) is 4.57. The molecule has 2 N–H and O–H groups in total. The summed E-state index contributed by atoms with van der Waals surface area (Å²) in [5.74, 6) is 0.176. The molecule has 1 aliphatic rings. The summed E-state index contributed by atoms with van der Waals surface area (Å²) in [6.07, 6.45) is 6.57. The first-order valence-corrected chi connectivity index (χ1v) is 8.31. The average molecular weight is 288 g/mol. The molecular formula is C18H28N2O. The van der Waals surface area contributed by atoms with E-state index in [0.717, 1.165) is 38.8 Å². The molecule has 0 bridgehead atoms. The molecule has 0 saturated carbocycles. The number of rotatable bonds is 5. The minimum atomic E-state index is -0.0735. The van der Waals surface area contributed by atoms with Crippen LogP contribution < -0.4 is 5.73 Å². The van der Waals surface area contributed by atoms with E-state index in [1.807, 2.05) is 4.90 Å². The third-order valence-electron chi connectivity index (χ3n) is 4.46. The van der Waals surface area contributed by atoms with Crippen LogP contribution in [0.4, 0.5) is 0 Å². The molecule has 3 heteroatoms. The van der Waals surface area contributed by atoms with Gasteiger partial charge in [-0.05, 0) is 36.8 Å². The second kappa shape index (κ2) is 8.18. The molecule has 2 rings (SSSR count). The van der Waals surface area contributed by atoms with Gasteiger partial charge in [0.15, 0.2) is 0 Å². The van der Waals surface area contributed by atoms with Crippen molar-refractivity contribution >= 4 is 5.91 Å². The van der Waals surface area contributed by atoms with E-state index >= 15 is 0 Å². The lowest BCUT2D eigenvalue weighted by atomic mass is 9.96. The van der Waals surface area contributed by atoms with Crippen LogP contribution in [0.2, 0.25) is 0 Å². The molecule has 1 aromatic carbocycles. The van der Waals surface area contributed by atoms with Crippen molar-refractivity contribution in [2.75, 3.05) is 19.6 Å². The highest BCUT2D eigenvalue weighted by molar-refractivity contribution is 5.79. The van der Waals surface area contributed by atoms with Gasteiger partial charge in [0.25, 0.3) is 0 Å². The molecule has 0 aliphatic carbocycles. The topological polar surface area (TPSA) is 46.3 Å². The smallest absolute Gasteiger partial charge is 0.227 e. The number of nitrogens with two attached hydrogens (primary N) is 1. The third-order valence-corrected chi connectivity index (χ3v) is 4.46. The second-order valence-electron chi connectivity index (χ2n) is 6.05. The van der Waals surface area contributed by atoms with Crippen LogP contribution in [0.15, 0.2) is 24.3 Å². The van der Waals surface area contributed by atoms with E-state index in [1.54, 1.807) is 0 Å². The van der Waals surface area contributed by atoms with E-state index < -0.39 is 0 Å². The van der Waals surface area contributed by atoms with E-state index in [-0.39, 0.29) is 11.8 Å². The Kier molecular flexibility index (Phi) is 6.24. The lowest BCUT2D eigenvalue weighted by molar-refractivity contribution is -0.135. The number of nitrogens with zero attached hydrogens (tertiary/aromatic N) is 1. The van der Waals surface area contributed by atoms with Gasteiger partial charge in [0, 0.05) is 19.6 Å². The first-order valence-electron chi connectivity index (χ1n) is 8.31. The molecule has 21 heavy (non-hydrogen) atoms. The number of carbonyl (C=O) groups is 1. The molecule has 1 unspecified atom stereocenters. The standard InChI is InChI=1S/C18H28N2O/c1-2-15-7-9-16(10-8-15)13-17(14-19)18(21)20-11-5-3-4-6-12-20/h7-10,17H,2-6,11-14,19H2,1H3. The molecule has 0 aromatic heterocycles. The summed E-state index contributed by atoms with van der Waals surface area (Å²) in [7, 11) is 0. The maximum Gasteiger partial charge on any atom is 0.227 e. The van der Waals surface area contributed by atoms with Crippen LogP contribution in [-0.2, 0) is 17.6 Å². The SMILES string of the molecule is CCc1ccc(CC(CN)C(=O)N2CCCCCC2)cc1. The fraction of sp³-hybridized carbons (Fsp3) is 0.611. The molecule has 1 aliphatic heterocycles. The number of aryl methyl sites for hydroxylation is 1. The van der Waals surface area contributed by atoms with Crippen molar-refractivity contribution in [2.45, 2.75) is 45.4 Å². The molecule has 3 nitrogen and oxygen atoms in total. The molecular weight excluding hydrogens is 260 g/mol. The molecule has 1 saturated heterocycles. The van der Waals surface area contributed by atoms with Crippen LogP contribution >= 0.6 is 0 Å². The number of amides is 1. The van der Waals surface area contributed by atoms with Crippen molar-refractivity contribution in [3.63, 3.8) is 0 Å². The zero-order valence-corrected chi connectivity index (χ0v) is 13.2. The van der Waals surface area contributed by atoms with Crippen LogP contribution in [-0.4, -0.2) is 30.4 Å². The Bertz CT molecular complexity index is 433. The van der Waals surface area contributed by atoms with Crippen molar-refractivity contribution in [1.29, 1.82) is 0 Å². The molecule has 1 aromatic rings. The van der Waals surface area contributed by atoms with Gasteiger partial charge in [0.1, 0.15) is 0 Å². The van der Waals surface area contributed by atoms with Gasteiger partial charge in [0.2, 0.25) is 5.91 Å². The Balaban J connectivity index is 1.98. The summed E-state index contributed by atoms with van der Waals surface area (Å²) in [6, 6.07) is 8.58. The summed E-state index contributed by atoms with van der Waals surface area (Å²) in [4.78, 5) is 14.7. The summed E-state index contributed by atoms with van der Waals surface area (Å²) < 4.78 is 0. The highest BCUT2D eigenvalue weighted by Crippen LogP contribution is 2.16. The molecule has 0 spiro atoms. The summed E-state index contributed by atoms with van der Waals surface area (Å²) in [5, 5.41) is 0. The monoisotopic (exact) mass is 288 g/mol. The Morgan fingerprint density at radius 2 is 1.67 bits per heavy atom. The maximum absolute atomic E-state index is 12.7. The Labute approximate surface area is 128 Å². The minimum absolute atomic E-state index is 0.0735.